The molecule has 6 nitrogen and oxygen atoms in total. The molecule has 0 amide bonds. The highest BCUT2D eigenvalue weighted by atomic mass is 79.9. The molecule has 3 heterocycles. The van der Waals surface area contributed by atoms with E-state index in [1.807, 2.05) is 0 Å². The Kier molecular flexibility index (Phi) is 3.23. The van der Waals surface area contributed by atoms with Gasteiger partial charge in [0.25, 0.3) is 0 Å². The van der Waals surface area contributed by atoms with Crippen molar-refractivity contribution in [2.24, 2.45) is 0 Å². The topological polar surface area (TPSA) is 49.6 Å². The fourth-order valence-electron chi connectivity index (χ4n) is 2.77. The number of halogens is 2. The highest BCUT2D eigenvalue weighted by molar-refractivity contribution is 9.10. The fraction of sp³-hybridized carbons (Fsp3) is 0.357. The third-order valence-corrected chi connectivity index (χ3v) is 4.66. The van der Waals surface area contributed by atoms with Gasteiger partial charge >= 0.3 is 0 Å². The molecule has 1 aromatic carbocycles. The van der Waals surface area contributed by atoms with Crippen molar-refractivity contribution in [3.63, 3.8) is 0 Å². The first kappa shape index (κ1) is 13.8. The standard InChI is InChI=1S/C14H14BrFN6/c1-20-2-4-21(5-3-20)13-14-19-17-8-22(14)12-7-10(16)9(15)6-11(12)18-13/h6-8H,2-5H2,1H3. The second kappa shape index (κ2) is 5.13. The van der Waals surface area contributed by atoms with E-state index in [0.717, 1.165) is 37.5 Å². The zero-order valence-corrected chi connectivity index (χ0v) is 13.6. The van der Waals surface area contributed by atoms with Crippen LogP contribution in [0, 0.1) is 5.82 Å². The number of likely N-dealkylation sites (N-methyl/N-ethyl adjacent to an activating group) is 1. The Morgan fingerprint density at radius 1 is 1.18 bits per heavy atom. The number of piperazine rings is 1. The molecule has 1 saturated heterocycles. The Morgan fingerprint density at radius 2 is 1.95 bits per heavy atom. The first-order valence-corrected chi connectivity index (χ1v) is 7.85. The third kappa shape index (κ3) is 2.14. The molecule has 114 valence electrons. The maximum atomic E-state index is 13.8. The van der Waals surface area contributed by atoms with E-state index in [4.69, 9.17) is 4.98 Å². The smallest absolute Gasteiger partial charge is 0.204 e. The van der Waals surface area contributed by atoms with E-state index in [1.165, 1.54) is 6.07 Å². The summed E-state index contributed by atoms with van der Waals surface area (Å²) in [7, 11) is 2.11. The Morgan fingerprint density at radius 3 is 2.73 bits per heavy atom. The van der Waals surface area contributed by atoms with E-state index >= 15 is 0 Å². The lowest BCUT2D eigenvalue weighted by atomic mass is 10.2. The van der Waals surface area contributed by atoms with E-state index < -0.39 is 0 Å². The van der Waals surface area contributed by atoms with Crippen molar-refractivity contribution in [1.82, 2.24) is 24.5 Å². The maximum Gasteiger partial charge on any atom is 0.204 e. The Bertz CT molecular complexity index is 855. The monoisotopic (exact) mass is 364 g/mol. The molecular formula is C14H14BrFN6. The molecule has 8 heteroatoms. The van der Waals surface area contributed by atoms with Crippen molar-refractivity contribution in [3.8, 4) is 0 Å². The second-order valence-electron chi connectivity index (χ2n) is 5.51. The second-order valence-corrected chi connectivity index (χ2v) is 6.36. The number of hydrogen-bond donors (Lipinski definition) is 0. The number of nitrogens with zero attached hydrogens (tertiary/aromatic N) is 6. The van der Waals surface area contributed by atoms with E-state index in [0.29, 0.717) is 15.6 Å². The number of anilines is 1. The maximum absolute atomic E-state index is 13.8. The Hall–Kier alpha value is -1.80. The Labute approximate surface area is 134 Å². The van der Waals surface area contributed by atoms with Crippen molar-refractivity contribution in [2.45, 2.75) is 0 Å². The van der Waals surface area contributed by atoms with Crippen LogP contribution < -0.4 is 4.90 Å². The summed E-state index contributed by atoms with van der Waals surface area (Å²) in [6, 6.07) is 3.15. The summed E-state index contributed by atoms with van der Waals surface area (Å²) in [6.07, 6.45) is 1.60. The van der Waals surface area contributed by atoms with Gasteiger partial charge in [-0.25, -0.2) is 9.37 Å². The summed E-state index contributed by atoms with van der Waals surface area (Å²) in [6.45, 7) is 3.74. The van der Waals surface area contributed by atoms with Gasteiger partial charge < -0.3 is 9.80 Å². The van der Waals surface area contributed by atoms with Crippen LogP contribution in [0.4, 0.5) is 10.2 Å². The van der Waals surface area contributed by atoms with Gasteiger partial charge in [-0.05, 0) is 29.0 Å². The van der Waals surface area contributed by atoms with Crippen LogP contribution in [0.5, 0.6) is 0 Å². The summed E-state index contributed by atoms with van der Waals surface area (Å²) in [5, 5.41) is 8.15. The normalized spacial score (nSPS) is 16.8. The predicted molar refractivity (Wildman–Crippen MR) is 85.7 cm³/mol. The molecule has 2 aromatic heterocycles. The van der Waals surface area contributed by atoms with Gasteiger partial charge in [0.05, 0.1) is 15.5 Å². The Balaban J connectivity index is 1.93. The van der Waals surface area contributed by atoms with E-state index in [-0.39, 0.29) is 5.82 Å². The van der Waals surface area contributed by atoms with Crippen molar-refractivity contribution in [3.05, 3.63) is 28.7 Å². The fourth-order valence-corrected chi connectivity index (χ4v) is 3.10. The lowest BCUT2D eigenvalue weighted by Crippen LogP contribution is -2.45. The van der Waals surface area contributed by atoms with Crippen LogP contribution in [0.3, 0.4) is 0 Å². The molecule has 1 fully saturated rings. The van der Waals surface area contributed by atoms with E-state index in [2.05, 4.69) is 43.0 Å². The quantitative estimate of drug-likeness (QED) is 0.660. The zero-order chi connectivity index (χ0) is 15.3. The molecule has 0 unspecified atom stereocenters. The molecule has 0 spiro atoms. The molecule has 0 saturated carbocycles. The molecule has 0 bridgehead atoms. The lowest BCUT2D eigenvalue weighted by Gasteiger charge is -2.33. The molecule has 1 aliphatic rings. The number of benzene rings is 1. The van der Waals surface area contributed by atoms with Crippen LogP contribution in [0.25, 0.3) is 16.7 Å². The predicted octanol–water partition coefficient (Wildman–Crippen LogP) is 1.93. The molecule has 0 atom stereocenters. The minimum Gasteiger partial charge on any atom is -0.351 e. The largest absolute Gasteiger partial charge is 0.351 e. The molecule has 0 aliphatic carbocycles. The summed E-state index contributed by atoms with van der Waals surface area (Å²) in [4.78, 5) is 9.20. The highest BCUT2D eigenvalue weighted by Crippen LogP contribution is 2.27. The minimum absolute atomic E-state index is 0.323. The van der Waals surface area contributed by atoms with Gasteiger partial charge in [-0.15, -0.1) is 10.2 Å². The van der Waals surface area contributed by atoms with Gasteiger partial charge in [0.2, 0.25) is 5.65 Å². The van der Waals surface area contributed by atoms with Crippen LogP contribution >= 0.6 is 15.9 Å². The van der Waals surface area contributed by atoms with Gasteiger partial charge in [-0.3, -0.25) is 4.40 Å². The van der Waals surface area contributed by atoms with Gasteiger partial charge in [0.1, 0.15) is 12.1 Å². The molecule has 4 rings (SSSR count). The van der Waals surface area contributed by atoms with Crippen molar-refractivity contribution < 1.29 is 4.39 Å². The highest BCUT2D eigenvalue weighted by Gasteiger charge is 2.21. The lowest BCUT2D eigenvalue weighted by molar-refractivity contribution is 0.312. The van der Waals surface area contributed by atoms with Crippen molar-refractivity contribution in [2.75, 3.05) is 38.1 Å². The van der Waals surface area contributed by atoms with Gasteiger partial charge in [0.15, 0.2) is 5.82 Å². The average Bonchev–Trinajstić information content (AvgIpc) is 2.99. The first-order valence-electron chi connectivity index (χ1n) is 7.05. The number of hydrogen-bond acceptors (Lipinski definition) is 5. The summed E-state index contributed by atoms with van der Waals surface area (Å²) < 4.78 is 16.0. The number of fused-ring (bicyclic) bond motifs is 3. The van der Waals surface area contributed by atoms with Crippen LogP contribution in [0.2, 0.25) is 0 Å². The summed E-state index contributed by atoms with van der Waals surface area (Å²) >= 11 is 3.22. The molecule has 0 N–H and O–H groups in total. The van der Waals surface area contributed by atoms with Crippen LogP contribution in [-0.4, -0.2) is 57.7 Å². The number of rotatable bonds is 1. The van der Waals surface area contributed by atoms with E-state index in [1.54, 1.807) is 16.8 Å². The molecule has 1 aliphatic heterocycles. The molecular weight excluding hydrogens is 351 g/mol. The average molecular weight is 365 g/mol. The summed E-state index contributed by atoms with van der Waals surface area (Å²) in [5.74, 6) is 0.480. The van der Waals surface area contributed by atoms with Gasteiger partial charge in [-0.1, -0.05) is 0 Å². The van der Waals surface area contributed by atoms with Crippen molar-refractivity contribution in [1.29, 1.82) is 0 Å². The van der Waals surface area contributed by atoms with Crippen LogP contribution in [-0.2, 0) is 0 Å². The third-order valence-electron chi connectivity index (χ3n) is 4.05. The van der Waals surface area contributed by atoms with Gasteiger partial charge in [-0.2, -0.15) is 0 Å². The van der Waals surface area contributed by atoms with Crippen LogP contribution in [0.15, 0.2) is 22.9 Å². The minimum atomic E-state index is -0.323. The SMILES string of the molecule is CN1CCN(c2nc3cc(Br)c(F)cc3n3cnnc23)CC1. The van der Waals surface area contributed by atoms with Gasteiger partial charge in [0, 0.05) is 32.2 Å². The van der Waals surface area contributed by atoms with Crippen molar-refractivity contribution >= 4 is 38.4 Å². The zero-order valence-electron chi connectivity index (χ0n) is 12.0. The molecule has 3 aromatic rings. The van der Waals surface area contributed by atoms with E-state index in [9.17, 15) is 4.39 Å². The molecule has 0 radical (unpaired) electrons. The number of aromatic nitrogens is 4. The molecule has 22 heavy (non-hydrogen) atoms. The van der Waals surface area contributed by atoms with Crippen LogP contribution in [0.1, 0.15) is 0 Å². The first-order chi connectivity index (χ1) is 10.6. The summed E-state index contributed by atoms with van der Waals surface area (Å²) in [5.41, 5.74) is 2.05.